The van der Waals surface area contributed by atoms with Gasteiger partial charge < -0.3 is 20.4 Å². The Bertz CT molecular complexity index is 642. The van der Waals surface area contributed by atoms with E-state index in [1.807, 2.05) is 13.8 Å². The summed E-state index contributed by atoms with van der Waals surface area (Å²) in [5.74, 6) is -0.370. The molecular formula is C20H32N4O4. The molecule has 2 N–H and O–H groups in total. The zero-order valence-electron chi connectivity index (χ0n) is 17.2. The molecule has 0 aromatic rings. The molecule has 1 aliphatic heterocycles. The molecule has 2 fully saturated rings. The number of amides is 4. The van der Waals surface area contributed by atoms with Crippen molar-refractivity contribution in [2.75, 3.05) is 20.1 Å². The molecule has 2 rings (SSSR count). The quantitative estimate of drug-likeness (QED) is 0.439. The van der Waals surface area contributed by atoms with E-state index in [4.69, 9.17) is 0 Å². The minimum Gasteiger partial charge on any atom is -0.352 e. The highest BCUT2D eigenvalue weighted by Gasteiger charge is 2.37. The molecule has 1 saturated heterocycles. The van der Waals surface area contributed by atoms with Crippen LogP contribution >= 0.6 is 0 Å². The Morgan fingerprint density at radius 1 is 1.21 bits per heavy atom. The van der Waals surface area contributed by atoms with E-state index in [0.29, 0.717) is 24.9 Å². The van der Waals surface area contributed by atoms with Crippen molar-refractivity contribution in [2.24, 2.45) is 5.92 Å². The van der Waals surface area contributed by atoms with Crippen LogP contribution in [-0.4, -0.2) is 72.2 Å². The van der Waals surface area contributed by atoms with Crippen LogP contribution in [0.3, 0.4) is 0 Å². The van der Waals surface area contributed by atoms with Crippen LogP contribution in [0.15, 0.2) is 11.6 Å². The number of nitrogens with zero attached hydrogens (tertiary/aromatic N) is 2. The van der Waals surface area contributed by atoms with E-state index in [2.05, 4.69) is 10.6 Å². The second kappa shape index (κ2) is 9.71. The smallest absolute Gasteiger partial charge is 0.249 e. The summed E-state index contributed by atoms with van der Waals surface area (Å²) in [5.41, 5.74) is 0.521. The van der Waals surface area contributed by atoms with Crippen LogP contribution in [0, 0.1) is 5.92 Å². The maximum atomic E-state index is 13.0. The molecule has 28 heavy (non-hydrogen) atoms. The fourth-order valence-corrected chi connectivity index (χ4v) is 3.53. The number of rotatable bonds is 9. The number of hydrogen-bond acceptors (Lipinski definition) is 4. The van der Waals surface area contributed by atoms with Crippen molar-refractivity contribution in [1.82, 2.24) is 20.4 Å². The lowest BCUT2D eigenvalue weighted by Crippen LogP contribution is -2.47. The summed E-state index contributed by atoms with van der Waals surface area (Å²) in [6.07, 6.45) is 5.80. The zero-order valence-corrected chi connectivity index (χ0v) is 17.2. The lowest BCUT2D eigenvalue weighted by molar-refractivity contribution is -0.135. The predicted octanol–water partition coefficient (Wildman–Crippen LogP) is 0.431. The van der Waals surface area contributed by atoms with Gasteiger partial charge in [0.05, 0.1) is 12.6 Å². The number of hydrogen-bond donors (Lipinski definition) is 2. The van der Waals surface area contributed by atoms with Gasteiger partial charge >= 0.3 is 0 Å². The van der Waals surface area contributed by atoms with Crippen LogP contribution in [0.5, 0.6) is 0 Å². The highest BCUT2D eigenvalue weighted by Crippen LogP contribution is 2.24. The van der Waals surface area contributed by atoms with Crippen molar-refractivity contribution in [1.29, 1.82) is 0 Å². The van der Waals surface area contributed by atoms with Gasteiger partial charge in [0.1, 0.15) is 6.04 Å². The average Bonchev–Trinajstić information content (AvgIpc) is 3.33. The molecule has 0 aromatic heterocycles. The molecule has 1 aliphatic carbocycles. The Hall–Kier alpha value is -2.38. The summed E-state index contributed by atoms with van der Waals surface area (Å²) >= 11 is 0. The standard InChI is InChI=1S/C20H32N4O4/c1-13(2)17(23(4)18(26)11-21-12-25)10-14(3)20(28)24-9-5-6-16(24)19(27)22-15-7-8-15/h10,12-13,15-17H,5-9,11H2,1-4H3,(H,21,25)(H,22,27)/b14-10+/t16-,17+/m0/s1. The van der Waals surface area contributed by atoms with Gasteiger partial charge in [-0.25, -0.2) is 0 Å². The molecule has 0 unspecified atom stereocenters. The Morgan fingerprint density at radius 3 is 2.46 bits per heavy atom. The van der Waals surface area contributed by atoms with E-state index in [9.17, 15) is 19.2 Å². The molecule has 1 saturated carbocycles. The van der Waals surface area contributed by atoms with Gasteiger partial charge in [-0.15, -0.1) is 0 Å². The van der Waals surface area contributed by atoms with E-state index in [1.54, 1.807) is 29.8 Å². The first-order valence-corrected chi connectivity index (χ1v) is 9.98. The molecule has 8 nitrogen and oxygen atoms in total. The van der Waals surface area contributed by atoms with E-state index in [1.165, 1.54) is 0 Å². The summed E-state index contributed by atoms with van der Waals surface area (Å²) in [6, 6.07) is -0.428. The average molecular weight is 393 g/mol. The van der Waals surface area contributed by atoms with Crippen molar-refractivity contribution < 1.29 is 19.2 Å². The number of likely N-dealkylation sites (N-methyl/N-ethyl adjacent to an activating group) is 1. The molecule has 8 heteroatoms. The normalized spacial score (nSPS) is 20.7. The highest BCUT2D eigenvalue weighted by atomic mass is 16.2. The first-order valence-electron chi connectivity index (χ1n) is 9.98. The summed E-state index contributed by atoms with van der Waals surface area (Å²) < 4.78 is 0. The maximum absolute atomic E-state index is 13.0. The summed E-state index contributed by atoms with van der Waals surface area (Å²) in [7, 11) is 1.66. The molecule has 2 atom stereocenters. The van der Waals surface area contributed by atoms with Gasteiger partial charge in [-0.1, -0.05) is 19.9 Å². The molecule has 0 spiro atoms. The highest BCUT2D eigenvalue weighted by molar-refractivity contribution is 5.97. The van der Waals surface area contributed by atoms with E-state index in [-0.39, 0.29) is 42.3 Å². The Labute approximate surface area is 166 Å². The zero-order chi connectivity index (χ0) is 20.8. The van der Waals surface area contributed by atoms with Gasteiger partial charge in [-0.05, 0) is 38.5 Å². The van der Waals surface area contributed by atoms with Crippen LogP contribution in [0.4, 0.5) is 0 Å². The first kappa shape index (κ1) is 21.9. The van der Waals surface area contributed by atoms with Gasteiger partial charge in [0, 0.05) is 25.2 Å². The third kappa shape index (κ3) is 5.56. The number of carbonyl (C=O) groups is 4. The monoisotopic (exact) mass is 392 g/mol. The summed E-state index contributed by atoms with van der Waals surface area (Å²) in [4.78, 5) is 51.3. The summed E-state index contributed by atoms with van der Waals surface area (Å²) in [6.45, 7) is 6.15. The van der Waals surface area contributed by atoms with Gasteiger partial charge in [0.25, 0.3) is 0 Å². The van der Waals surface area contributed by atoms with Crippen LogP contribution in [0.2, 0.25) is 0 Å². The van der Waals surface area contributed by atoms with E-state index >= 15 is 0 Å². The van der Waals surface area contributed by atoms with Crippen molar-refractivity contribution in [3.05, 3.63) is 11.6 Å². The van der Waals surface area contributed by atoms with E-state index in [0.717, 1.165) is 19.3 Å². The first-order chi connectivity index (χ1) is 13.3. The number of carbonyl (C=O) groups excluding carboxylic acids is 4. The topological polar surface area (TPSA) is 98.8 Å². The van der Waals surface area contributed by atoms with Crippen molar-refractivity contribution >= 4 is 24.1 Å². The Balaban J connectivity index is 2.08. The number of likely N-dealkylation sites (tertiary alicyclic amines) is 1. The van der Waals surface area contributed by atoms with E-state index < -0.39 is 6.04 Å². The number of nitrogens with one attached hydrogen (secondary N) is 2. The fraction of sp³-hybridized carbons (Fsp3) is 0.700. The molecule has 2 aliphatic rings. The second-order valence-corrected chi connectivity index (χ2v) is 8.03. The lowest BCUT2D eigenvalue weighted by Gasteiger charge is -2.30. The predicted molar refractivity (Wildman–Crippen MR) is 105 cm³/mol. The Kier molecular flexibility index (Phi) is 7.60. The minimum absolute atomic E-state index is 0.0613. The van der Waals surface area contributed by atoms with Crippen molar-refractivity contribution in [2.45, 2.75) is 64.6 Å². The van der Waals surface area contributed by atoms with Crippen LogP contribution in [-0.2, 0) is 19.2 Å². The Morgan fingerprint density at radius 2 is 1.89 bits per heavy atom. The van der Waals surface area contributed by atoms with Gasteiger partial charge in [0.2, 0.25) is 24.1 Å². The van der Waals surface area contributed by atoms with Gasteiger partial charge in [0.15, 0.2) is 0 Å². The lowest BCUT2D eigenvalue weighted by atomic mass is 9.99. The second-order valence-electron chi connectivity index (χ2n) is 8.03. The molecule has 0 aromatic carbocycles. The third-order valence-corrected chi connectivity index (χ3v) is 5.36. The molecule has 156 valence electrons. The molecule has 0 radical (unpaired) electrons. The SMILES string of the molecule is C/C(=C\[C@H](C(C)C)N(C)C(=O)CNC=O)C(=O)N1CCC[C@H]1C(=O)NC1CC1. The summed E-state index contributed by atoms with van der Waals surface area (Å²) in [5, 5.41) is 5.36. The molecule has 0 bridgehead atoms. The maximum Gasteiger partial charge on any atom is 0.249 e. The minimum atomic E-state index is -0.412. The van der Waals surface area contributed by atoms with Gasteiger partial charge in [-0.3, -0.25) is 19.2 Å². The van der Waals surface area contributed by atoms with Crippen LogP contribution in [0.25, 0.3) is 0 Å². The van der Waals surface area contributed by atoms with Gasteiger partial charge in [-0.2, -0.15) is 0 Å². The third-order valence-electron chi connectivity index (χ3n) is 5.36. The fourth-order valence-electron chi connectivity index (χ4n) is 3.53. The largest absolute Gasteiger partial charge is 0.352 e. The molecular weight excluding hydrogens is 360 g/mol. The van der Waals surface area contributed by atoms with Crippen LogP contribution < -0.4 is 10.6 Å². The molecule has 4 amide bonds. The molecule has 1 heterocycles. The van der Waals surface area contributed by atoms with Crippen LogP contribution in [0.1, 0.15) is 46.5 Å². The van der Waals surface area contributed by atoms with Crippen molar-refractivity contribution in [3.8, 4) is 0 Å². The van der Waals surface area contributed by atoms with Crippen molar-refractivity contribution in [3.63, 3.8) is 0 Å².